The van der Waals surface area contributed by atoms with Crippen LogP contribution in [-0.2, 0) is 4.79 Å². The van der Waals surface area contributed by atoms with E-state index in [-0.39, 0.29) is 34.9 Å². The van der Waals surface area contributed by atoms with Gasteiger partial charge in [0.2, 0.25) is 0 Å². The van der Waals surface area contributed by atoms with Crippen LogP contribution >= 0.6 is 0 Å². The number of rotatable bonds is 0. The van der Waals surface area contributed by atoms with Crippen molar-refractivity contribution in [1.29, 1.82) is 0 Å². The number of carbonyl (C=O) groups excluding carboxylic acids is 1. The molecule has 0 unspecified atom stereocenters. The maximum atomic E-state index is 11.9. The Kier molecular flexibility index (Phi) is 3.30. The van der Waals surface area contributed by atoms with E-state index in [1.165, 1.54) is 19.3 Å². The molecular formula is C19H30O3. The molecule has 8 atom stereocenters. The number of aliphatic hydroxyl groups is 2. The molecule has 22 heavy (non-hydrogen) atoms. The van der Waals surface area contributed by atoms with Gasteiger partial charge in [0.25, 0.3) is 0 Å². The van der Waals surface area contributed by atoms with Crippen molar-refractivity contribution in [3.8, 4) is 0 Å². The maximum absolute atomic E-state index is 11.9. The van der Waals surface area contributed by atoms with Gasteiger partial charge in [0.05, 0.1) is 12.2 Å². The monoisotopic (exact) mass is 306 g/mol. The number of ketones is 1. The van der Waals surface area contributed by atoms with E-state index >= 15 is 0 Å². The summed E-state index contributed by atoms with van der Waals surface area (Å²) in [4.78, 5) is 11.9. The number of Topliss-reactive ketones (excluding diaryl/α,β-unsaturated/α-hetero) is 1. The van der Waals surface area contributed by atoms with Crippen molar-refractivity contribution in [2.45, 2.75) is 77.4 Å². The molecule has 0 amide bonds. The van der Waals surface area contributed by atoms with Crippen LogP contribution in [0.3, 0.4) is 0 Å². The number of aliphatic hydroxyl groups excluding tert-OH is 2. The molecule has 2 N–H and O–H groups in total. The second-order valence-electron chi connectivity index (χ2n) is 9.27. The summed E-state index contributed by atoms with van der Waals surface area (Å²) >= 11 is 0. The molecule has 0 spiro atoms. The molecule has 0 aliphatic heterocycles. The van der Waals surface area contributed by atoms with Crippen molar-refractivity contribution < 1.29 is 15.0 Å². The van der Waals surface area contributed by atoms with Gasteiger partial charge >= 0.3 is 0 Å². The van der Waals surface area contributed by atoms with E-state index in [0.717, 1.165) is 19.3 Å². The van der Waals surface area contributed by atoms with Gasteiger partial charge in [-0.2, -0.15) is 0 Å². The smallest absolute Gasteiger partial charge is 0.133 e. The fourth-order valence-corrected chi connectivity index (χ4v) is 7.23. The van der Waals surface area contributed by atoms with E-state index < -0.39 is 0 Å². The van der Waals surface area contributed by atoms with E-state index in [9.17, 15) is 15.0 Å². The molecule has 4 rings (SSSR count). The highest BCUT2D eigenvalue weighted by molar-refractivity contribution is 5.79. The van der Waals surface area contributed by atoms with Crippen molar-refractivity contribution in [3.63, 3.8) is 0 Å². The molecule has 4 fully saturated rings. The van der Waals surface area contributed by atoms with E-state index in [1.807, 2.05) is 0 Å². The van der Waals surface area contributed by atoms with Gasteiger partial charge < -0.3 is 10.2 Å². The zero-order valence-electron chi connectivity index (χ0n) is 13.9. The Bertz CT molecular complexity index is 489. The van der Waals surface area contributed by atoms with Crippen LogP contribution in [0.5, 0.6) is 0 Å². The highest BCUT2D eigenvalue weighted by atomic mass is 16.3. The normalized spacial score (nSPS) is 57.9. The molecule has 3 nitrogen and oxygen atoms in total. The topological polar surface area (TPSA) is 57.5 Å². The molecule has 0 aromatic heterocycles. The van der Waals surface area contributed by atoms with E-state index in [1.54, 1.807) is 0 Å². The predicted octanol–water partition coefficient (Wildman–Crippen LogP) is 2.93. The minimum atomic E-state index is -0.356. The molecular weight excluding hydrogens is 276 g/mol. The number of carbonyl (C=O) groups is 1. The number of fused-ring (bicyclic) bond motifs is 5. The van der Waals surface area contributed by atoms with Crippen molar-refractivity contribution in [1.82, 2.24) is 0 Å². The zero-order valence-corrected chi connectivity index (χ0v) is 13.9. The quantitative estimate of drug-likeness (QED) is 0.723. The second-order valence-corrected chi connectivity index (χ2v) is 9.27. The summed E-state index contributed by atoms with van der Waals surface area (Å²) in [6.45, 7) is 4.61. The van der Waals surface area contributed by atoms with Gasteiger partial charge in [-0.3, -0.25) is 4.79 Å². The fraction of sp³-hybridized carbons (Fsp3) is 0.947. The molecule has 0 saturated heterocycles. The van der Waals surface area contributed by atoms with E-state index in [2.05, 4.69) is 13.8 Å². The Hall–Kier alpha value is -0.410. The molecule has 0 bridgehead atoms. The van der Waals surface area contributed by atoms with Crippen molar-refractivity contribution in [3.05, 3.63) is 0 Å². The van der Waals surface area contributed by atoms with E-state index in [4.69, 9.17) is 0 Å². The average molecular weight is 306 g/mol. The van der Waals surface area contributed by atoms with Gasteiger partial charge in [-0.15, -0.1) is 0 Å². The molecule has 4 aliphatic carbocycles. The van der Waals surface area contributed by atoms with Gasteiger partial charge in [0, 0.05) is 12.8 Å². The van der Waals surface area contributed by atoms with Crippen LogP contribution in [-0.4, -0.2) is 28.2 Å². The van der Waals surface area contributed by atoms with Crippen LogP contribution in [0.4, 0.5) is 0 Å². The third-order valence-corrected chi connectivity index (χ3v) is 8.20. The largest absolute Gasteiger partial charge is 0.393 e. The first-order valence-electron chi connectivity index (χ1n) is 9.23. The van der Waals surface area contributed by atoms with Crippen molar-refractivity contribution >= 4 is 5.78 Å². The Labute approximate surface area is 133 Å². The standard InChI is InChI=1S/C19H30O3/c1-18-6-3-4-13(18)12-9-15(21)14-8-11(20)5-7-19(14,2)17(12)16(22)10-18/h12-17,21-22H,3-10H2,1-2H3/t12-,13-,14+,15-,16+,17+,18-,19-/m0/s1. The van der Waals surface area contributed by atoms with Gasteiger partial charge in [-0.1, -0.05) is 20.3 Å². The lowest BCUT2D eigenvalue weighted by Gasteiger charge is -2.62. The second kappa shape index (κ2) is 4.80. The van der Waals surface area contributed by atoms with Gasteiger partial charge in [-0.25, -0.2) is 0 Å². The Morgan fingerprint density at radius 1 is 1.09 bits per heavy atom. The molecule has 4 saturated carbocycles. The minimum absolute atomic E-state index is 0.0560. The summed E-state index contributed by atoms with van der Waals surface area (Å²) in [7, 11) is 0. The van der Waals surface area contributed by atoms with Crippen LogP contribution in [0, 0.1) is 34.5 Å². The average Bonchev–Trinajstić information content (AvgIpc) is 2.82. The lowest BCUT2D eigenvalue weighted by molar-refractivity contribution is -0.195. The molecule has 0 heterocycles. The highest BCUT2D eigenvalue weighted by Crippen LogP contribution is 2.65. The summed E-state index contributed by atoms with van der Waals surface area (Å²) in [5, 5.41) is 21.8. The van der Waals surface area contributed by atoms with Crippen LogP contribution in [0.1, 0.15) is 65.2 Å². The Morgan fingerprint density at radius 3 is 2.64 bits per heavy atom. The van der Waals surface area contributed by atoms with Gasteiger partial charge in [-0.05, 0) is 66.6 Å². The van der Waals surface area contributed by atoms with Crippen LogP contribution in [0.2, 0.25) is 0 Å². The predicted molar refractivity (Wildman–Crippen MR) is 84.1 cm³/mol. The van der Waals surface area contributed by atoms with Crippen molar-refractivity contribution in [2.24, 2.45) is 34.5 Å². The number of hydrogen-bond acceptors (Lipinski definition) is 3. The molecule has 4 aliphatic rings. The SMILES string of the molecule is C[C@@]12CCC[C@H]1[C@@H]1C[C@H](O)[C@H]3CC(=O)CC[C@]3(C)[C@H]1[C@H](O)C2. The van der Waals surface area contributed by atoms with Crippen LogP contribution in [0.15, 0.2) is 0 Å². The number of hydrogen-bond donors (Lipinski definition) is 2. The van der Waals surface area contributed by atoms with Gasteiger partial charge in [0.1, 0.15) is 5.78 Å². The third kappa shape index (κ3) is 1.91. The first-order valence-corrected chi connectivity index (χ1v) is 9.23. The molecule has 0 radical (unpaired) electrons. The minimum Gasteiger partial charge on any atom is -0.393 e. The highest BCUT2D eigenvalue weighted by Gasteiger charge is 2.62. The molecule has 3 heteroatoms. The first kappa shape index (κ1) is 15.1. The summed E-state index contributed by atoms with van der Waals surface area (Å²) in [5.41, 5.74) is 0.216. The summed E-state index contributed by atoms with van der Waals surface area (Å²) in [5.74, 6) is 1.75. The van der Waals surface area contributed by atoms with Gasteiger partial charge in [0.15, 0.2) is 0 Å². The van der Waals surface area contributed by atoms with Crippen LogP contribution in [0.25, 0.3) is 0 Å². The Balaban J connectivity index is 1.72. The molecule has 124 valence electrons. The lowest BCUT2D eigenvalue weighted by Crippen LogP contribution is -2.61. The summed E-state index contributed by atoms with van der Waals surface area (Å²) in [6, 6.07) is 0. The molecule has 0 aromatic carbocycles. The Morgan fingerprint density at radius 2 is 1.86 bits per heavy atom. The van der Waals surface area contributed by atoms with Crippen LogP contribution < -0.4 is 0 Å². The van der Waals surface area contributed by atoms with Crippen molar-refractivity contribution in [2.75, 3.05) is 0 Å². The fourth-order valence-electron chi connectivity index (χ4n) is 7.23. The first-order chi connectivity index (χ1) is 10.3. The zero-order chi connectivity index (χ0) is 15.7. The molecule has 0 aromatic rings. The summed E-state index contributed by atoms with van der Waals surface area (Å²) < 4.78 is 0. The summed E-state index contributed by atoms with van der Waals surface area (Å²) in [6.07, 6.45) is 6.89. The third-order valence-electron chi connectivity index (χ3n) is 8.20. The maximum Gasteiger partial charge on any atom is 0.133 e. The van der Waals surface area contributed by atoms with E-state index in [0.29, 0.717) is 30.5 Å². The lowest BCUT2D eigenvalue weighted by atomic mass is 9.44.